The Labute approximate surface area is 117 Å². The van der Waals surface area contributed by atoms with Crippen LogP contribution in [0.2, 0.25) is 0 Å². The summed E-state index contributed by atoms with van der Waals surface area (Å²) in [6.07, 6.45) is -4.09. The van der Waals surface area contributed by atoms with Crippen LogP contribution in [0.4, 0.5) is 18.9 Å². The molecular formula is C12H16F3NO3S. The maximum Gasteiger partial charge on any atom is 0.411 e. The molecule has 0 bridgehead atoms. The van der Waals surface area contributed by atoms with Crippen LogP contribution >= 0.6 is 0 Å². The molecule has 4 nitrogen and oxygen atoms in total. The van der Waals surface area contributed by atoms with Crippen molar-refractivity contribution in [1.82, 2.24) is 0 Å². The summed E-state index contributed by atoms with van der Waals surface area (Å²) in [5.74, 6) is 0.700. The van der Waals surface area contributed by atoms with Crippen LogP contribution in [0.1, 0.15) is 6.42 Å². The van der Waals surface area contributed by atoms with Gasteiger partial charge in [-0.05, 0) is 24.6 Å². The molecule has 0 aliphatic heterocycles. The van der Waals surface area contributed by atoms with Crippen molar-refractivity contribution in [3.63, 3.8) is 0 Å². The van der Waals surface area contributed by atoms with Crippen LogP contribution in [-0.2, 0) is 15.5 Å². The molecule has 0 spiro atoms. The zero-order valence-electron chi connectivity index (χ0n) is 10.9. The molecule has 0 radical (unpaired) electrons. The van der Waals surface area contributed by atoms with Crippen molar-refractivity contribution in [2.45, 2.75) is 17.5 Å². The van der Waals surface area contributed by atoms with E-state index in [0.29, 0.717) is 16.3 Å². The van der Waals surface area contributed by atoms with Crippen molar-refractivity contribution in [1.29, 1.82) is 0 Å². The molecule has 0 aromatic heterocycles. The Morgan fingerprint density at radius 2 is 2.05 bits per heavy atom. The van der Waals surface area contributed by atoms with E-state index in [-0.39, 0.29) is 18.8 Å². The van der Waals surface area contributed by atoms with E-state index >= 15 is 0 Å². The Morgan fingerprint density at radius 3 is 2.65 bits per heavy atom. The maximum absolute atomic E-state index is 12.0. The molecule has 0 aliphatic rings. The number of ether oxygens (including phenoxy) is 2. The Morgan fingerprint density at radius 1 is 1.35 bits per heavy atom. The number of methoxy groups -OCH3 is 1. The van der Waals surface area contributed by atoms with E-state index in [9.17, 15) is 17.4 Å². The minimum absolute atomic E-state index is 0.102. The number of hydrogen-bond donors (Lipinski definition) is 1. The van der Waals surface area contributed by atoms with E-state index in [0.717, 1.165) is 0 Å². The molecule has 1 aromatic rings. The summed E-state index contributed by atoms with van der Waals surface area (Å²) in [4.78, 5) is 0.417. The molecule has 8 heteroatoms. The van der Waals surface area contributed by atoms with Crippen LogP contribution in [0.5, 0.6) is 5.75 Å². The van der Waals surface area contributed by atoms with Crippen molar-refractivity contribution in [3.8, 4) is 5.75 Å². The molecule has 20 heavy (non-hydrogen) atoms. The second-order valence-corrected chi connectivity index (χ2v) is 5.51. The van der Waals surface area contributed by atoms with Crippen LogP contribution in [0.3, 0.4) is 0 Å². The summed E-state index contributed by atoms with van der Waals surface area (Å²) < 4.78 is 56.9. The lowest BCUT2D eigenvalue weighted by molar-refractivity contribution is -0.173. The van der Waals surface area contributed by atoms with Gasteiger partial charge in [-0.15, -0.1) is 0 Å². The zero-order chi connectivity index (χ0) is 15.2. The average molecular weight is 311 g/mol. The third-order valence-corrected chi connectivity index (χ3v) is 3.85. The Balaban J connectivity index is 2.43. The van der Waals surface area contributed by atoms with E-state index < -0.39 is 23.6 Å². The van der Waals surface area contributed by atoms with E-state index in [2.05, 4.69) is 4.74 Å². The van der Waals surface area contributed by atoms with E-state index in [4.69, 9.17) is 10.5 Å². The Kier molecular flexibility index (Phi) is 6.28. The fourth-order valence-electron chi connectivity index (χ4n) is 1.43. The second kappa shape index (κ2) is 7.49. The molecule has 1 unspecified atom stereocenters. The highest BCUT2D eigenvalue weighted by atomic mass is 32.2. The van der Waals surface area contributed by atoms with Gasteiger partial charge in [0.05, 0.1) is 22.8 Å². The number of benzene rings is 1. The van der Waals surface area contributed by atoms with Crippen LogP contribution in [0, 0.1) is 0 Å². The summed E-state index contributed by atoms with van der Waals surface area (Å²) in [5, 5.41) is 0. The molecule has 1 atom stereocenters. The number of hydrogen-bond acceptors (Lipinski definition) is 4. The van der Waals surface area contributed by atoms with Crippen LogP contribution in [0.25, 0.3) is 0 Å². The highest BCUT2D eigenvalue weighted by Gasteiger charge is 2.27. The molecule has 0 saturated heterocycles. The first kappa shape index (κ1) is 16.8. The summed E-state index contributed by atoms with van der Waals surface area (Å²) in [6.45, 7) is -1.39. The number of anilines is 1. The van der Waals surface area contributed by atoms with Crippen molar-refractivity contribution in [2.75, 3.05) is 31.8 Å². The van der Waals surface area contributed by atoms with Gasteiger partial charge in [0.25, 0.3) is 0 Å². The predicted molar refractivity (Wildman–Crippen MR) is 70.2 cm³/mol. The third kappa shape index (κ3) is 5.79. The smallest absolute Gasteiger partial charge is 0.411 e. The molecular weight excluding hydrogens is 295 g/mol. The summed E-state index contributed by atoms with van der Waals surface area (Å²) in [5.41, 5.74) is 6.07. The first-order chi connectivity index (χ1) is 9.33. The minimum atomic E-state index is -4.34. The number of alkyl halides is 3. The van der Waals surface area contributed by atoms with Crippen molar-refractivity contribution >= 4 is 16.5 Å². The van der Waals surface area contributed by atoms with Crippen molar-refractivity contribution in [3.05, 3.63) is 18.2 Å². The molecule has 0 saturated carbocycles. The van der Waals surface area contributed by atoms with Gasteiger partial charge in [-0.25, -0.2) is 0 Å². The molecule has 1 rings (SSSR count). The standard InChI is InChI=1S/C12H16F3NO3S/c1-18-9-3-4-10(16)11(7-9)20(17)6-2-5-19-8-12(13,14)15/h3-4,7H,2,5-6,8,16H2,1H3. The normalized spacial score (nSPS) is 13.2. The quantitative estimate of drug-likeness (QED) is 0.620. The lowest BCUT2D eigenvalue weighted by atomic mass is 10.3. The topological polar surface area (TPSA) is 61.5 Å². The summed E-state index contributed by atoms with van der Waals surface area (Å²) >= 11 is 0. The number of halogens is 3. The molecule has 114 valence electrons. The molecule has 0 fully saturated rings. The van der Waals surface area contributed by atoms with Gasteiger partial charge in [0.1, 0.15) is 12.4 Å². The van der Waals surface area contributed by atoms with Crippen molar-refractivity contribution < 1.29 is 26.9 Å². The molecule has 0 amide bonds. The highest BCUT2D eigenvalue weighted by molar-refractivity contribution is 7.85. The average Bonchev–Trinajstić information content (AvgIpc) is 2.37. The molecule has 2 N–H and O–H groups in total. The van der Waals surface area contributed by atoms with E-state index in [1.54, 1.807) is 18.2 Å². The summed E-state index contributed by atoms with van der Waals surface area (Å²) in [6, 6.07) is 4.77. The second-order valence-electron chi connectivity index (χ2n) is 3.97. The Bertz CT molecular complexity index is 466. The van der Waals surface area contributed by atoms with Crippen LogP contribution in [0.15, 0.2) is 23.1 Å². The predicted octanol–water partition coefficient (Wildman–Crippen LogP) is 2.35. The Hall–Kier alpha value is -1.28. The lowest BCUT2D eigenvalue weighted by Crippen LogP contribution is -2.18. The molecule has 0 heterocycles. The number of rotatable bonds is 7. The maximum atomic E-state index is 12.0. The number of nitrogens with two attached hydrogens (primary N) is 1. The van der Waals surface area contributed by atoms with E-state index in [1.807, 2.05) is 0 Å². The highest BCUT2D eigenvalue weighted by Crippen LogP contribution is 2.23. The zero-order valence-corrected chi connectivity index (χ0v) is 11.7. The van der Waals surface area contributed by atoms with Gasteiger partial charge < -0.3 is 15.2 Å². The van der Waals surface area contributed by atoms with Crippen LogP contribution < -0.4 is 10.5 Å². The van der Waals surface area contributed by atoms with Gasteiger partial charge in [-0.2, -0.15) is 13.2 Å². The fourth-order valence-corrected chi connectivity index (χ4v) is 2.61. The van der Waals surface area contributed by atoms with Gasteiger partial charge in [-0.1, -0.05) is 0 Å². The van der Waals surface area contributed by atoms with Gasteiger partial charge >= 0.3 is 6.18 Å². The van der Waals surface area contributed by atoms with Crippen LogP contribution in [-0.4, -0.2) is 36.5 Å². The van der Waals surface area contributed by atoms with Crippen molar-refractivity contribution in [2.24, 2.45) is 0 Å². The first-order valence-corrected chi connectivity index (χ1v) is 7.12. The summed E-state index contributed by atoms with van der Waals surface area (Å²) in [7, 11) is 0.0777. The van der Waals surface area contributed by atoms with Gasteiger partial charge in [0, 0.05) is 18.0 Å². The van der Waals surface area contributed by atoms with Gasteiger partial charge in [0.15, 0.2) is 0 Å². The fraction of sp³-hybridized carbons (Fsp3) is 0.500. The lowest BCUT2D eigenvalue weighted by Gasteiger charge is -2.09. The van der Waals surface area contributed by atoms with Gasteiger partial charge in [0.2, 0.25) is 0 Å². The molecule has 0 aliphatic carbocycles. The molecule has 1 aromatic carbocycles. The van der Waals surface area contributed by atoms with E-state index in [1.165, 1.54) is 7.11 Å². The third-order valence-electron chi connectivity index (χ3n) is 2.35. The first-order valence-electron chi connectivity index (χ1n) is 5.80. The monoisotopic (exact) mass is 311 g/mol. The van der Waals surface area contributed by atoms with Gasteiger partial charge in [-0.3, -0.25) is 4.21 Å². The minimum Gasteiger partial charge on any atom is -0.497 e. The largest absolute Gasteiger partial charge is 0.497 e. The SMILES string of the molecule is COc1ccc(N)c(S(=O)CCCOCC(F)(F)F)c1. The number of nitrogen functional groups attached to an aromatic ring is 1.